The Kier molecular flexibility index (Phi) is 4.35. The van der Waals surface area contributed by atoms with Gasteiger partial charge in [-0.25, -0.2) is 4.98 Å². The van der Waals surface area contributed by atoms with Gasteiger partial charge in [-0.2, -0.15) is 0 Å². The quantitative estimate of drug-likeness (QED) is 0.789. The fourth-order valence-corrected chi connectivity index (χ4v) is 1.86. The van der Waals surface area contributed by atoms with Crippen LogP contribution in [0.1, 0.15) is 29.8 Å². The second-order valence-electron chi connectivity index (χ2n) is 2.82. The molecule has 74 valence electrons. The SMILES string of the molecule is CCNCc1cnc(C(C)OC)s1. The molecule has 0 aliphatic rings. The Balaban J connectivity index is 2.53. The van der Waals surface area contributed by atoms with Crippen molar-refractivity contribution in [1.29, 1.82) is 0 Å². The Hall–Kier alpha value is -0.450. The summed E-state index contributed by atoms with van der Waals surface area (Å²) in [6.07, 6.45) is 2.03. The maximum Gasteiger partial charge on any atom is 0.121 e. The summed E-state index contributed by atoms with van der Waals surface area (Å²) in [5.74, 6) is 0. The molecule has 0 fully saturated rings. The largest absolute Gasteiger partial charge is 0.375 e. The van der Waals surface area contributed by atoms with Crippen LogP contribution in [0.2, 0.25) is 0 Å². The maximum atomic E-state index is 5.18. The lowest BCUT2D eigenvalue weighted by Crippen LogP contribution is -2.10. The highest BCUT2D eigenvalue weighted by Gasteiger charge is 2.08. The second-order valence-corrected chi connectivity index (χ2v) is 3.97. The molecule has 0 aliphatic carbocycles. The third kappa shape index (κ3) is 3.06. The van der Waals surface area contributed by atoms with Gasteiger partial charge in [0.15, 0.2) is 0 Å². The molecule has 0 amide bonds. The van der Waals surface area contributed by atoms with Crippen LogP contribution in [0.4, 0.5) is 0 Å². The van der Waals surface area contributed by atoms with E-state index in [1.807, 2.05) is 13.1 Å². The molecule has 1 aromatic heterocycles. The zero-order chi connectivity index (χ0) is 9.68. The fourth-order valence-electron chi connectivity index (χ4n) is 0.941. The minimum absolute atomic E-state index is 0.111. The van der Waals surface area contributed by atoms with E-state index in [1.165, 1.54) is 4.88 Å². The number of aromatic nitrogens is 1. The van der Waals surface area contributed by atoms with Crippen LogP contribution in [-0.2, 0) is 11.3 Å². The molecule has 0 saturated carbocycles. The van der Waals surface area contributed by atoms with Crippen LogP contribution in [0, 0.1) is 0 Å². The van der Waals surface area contributed by atoms with Crippen molar-refractivity contribution in [1.82, 2.24) is 10.3 Å². The molecule has 13 heavy (non-hydrogen) atoms. The van der Waals surface area contributed by atoms with E-state index in [9.17, 15) is 0 Å². The summed E-state index contributed by atoms with van der Waals surface area (Å²) in [7, 11) is 1.70. The topological polar surface area (TPSA) is 34.2 Å². The van der Waals surface area contributed by atoms with Crippen LogP contribution >= 0.6 is 11.3 Å². The van der Waals surface area contributed by atoms with E-state index < -0.39 is 0 Å². The predicted octanol–water partition coefficient (Wildman–Crippen LogP) is 1.96. The number of ether oxygens (including phenoxy) is 1. The van der Waals surface area contributed by atoms with Gasteiger partial charge in [0.1, 0.15) is 11.1 Å². The number of methoxy groups -OCH3 is 1. The number of rotatable bonds is 5. The van der Waals surface area contributed by atoms with Crippen molar-refractivity contribution in [2.45, 2.75) is 26.5 Å². The zero-order valence-electron chi connectivity index (χ0n) is 8.33. The average Bonchev–Trinajstić information content (AvgIpc) is 2.62. The molecule has 1 rings (SSSR count). The first-order chi connectivity index (χ1) is 6.27. The van der Waals surface area contributed by atoms with Gasteiger partial charge in [0.05, 0.1) is 0 Å². The molecule has 1 aromatic rings. The minimum Gasteiger partial charge on any atom is -0.375 e. The third-order valence-electron chi connectivity index (χ3n) is 1.82. The Morgan fingerprint density at radius 3 is 3.08 bits per heavy atom. The standard InChI is InChI=1S/C9H16N2OS/c1-4-10-5-8-6-11-9(13-8)7(2)12-3/h6-7,10H,4-5H2,1-3H3. The lowest BCUT2D eigenvalue weighted by molar-refractivity contribution is 0.119. The van der Waals surface area contributed by atoms with Crippen molar-refractivity contribution >= 4 is 11.3 Å². The summed E-state index contributed by atoms with van der Waals surface area (Å²) < 4.78 is 5.18. The first-order valence-corrected chi connectivity index (χ1v) is 5.27. The zero-order valence-corrected chi connectivity index (χ0v) is 9.15. The molecule has 1 atom stereocenters. The van der Waals surface area contributed by atoms with E-state index in [1.54, 1.807) is 18.4 Å². The normalized spacial score (nSPS) is 13.2. The summed E-state index contributed by atoms with van der Waals surface area (Å²) in [6.45, 7) is 6.01. The van der Waals surface area contributed by atoms with Gasteiger partial charge in [0.2, 0.25) is 0 Å². The van der Waals surface area contributed by atoms with Crippen LogP contribution in [0.3, 0.4) is 0 Å². The van der Waals surface area contributed by atoms with E-state index in [0.29, 0.717) is 0 Å². The Morgan fingerprint density at radius 2 is 2.46 bits per heavy atom. The number of nitrogens with one attached hydrogen (secondary N) is 1. The summed E-state index contributed by atoms with van der Waals surface area (Å²) >= 11 is 1.71. The lowest BCUT2D eigenvalue weighted by Gasteiger charge is -2.03. The molecule has 0 spiro atoms. The van der Waals surface area contributed by atoms with Gasteiger partial charge < -0.3 is 10.1 Å². The molecular weight excluding hydrogens is 184 g/mol. The smallest absolute Gasteiger partial charge is 0.121 e. The molecule has 1 unspecified atom stereocenters. The second kappa shape index (κ2) is 5.32. The number of thiazole rings is 1. The van der Waals surface area contributed by atoms with Gasteiger partial charge >= 0.3 is 0 Å². The Bertz CT molecular complexity index is 250. The molecule has 0 aliphatic heterocycles. The molecule has 0 bridgehead atoms. The van der Waals surface area contributed by atoms with Crippen molar-refractivity contribution < 1.29 is 4.74 Å². The van der Waals surface area contributed by atoms with E-state index in [-0.39, 0.29) is 6.10 Å². The van der Waals surface area contributed by atoms with Crippen LogP contribution in [-0.4, -0.2) is 18.6 Å². The van der Waals surface area contributed by atoms with E-state index in [4.69, 9.17) is 4.74 Å². The van der Waals surface area contributed by atoms with Crippen LogP contribution in [0.5, 0.6) is 0 Å². The molecule has 3 nitrogen and oxygen atoms in total. The summed E-state index contributed by atoms with van der Waals surface area (Å²) in [6, 6.07) is 0. The molecule has 0 saturated heterocycles. The van der Waals surface area contributed by atoms with Gasteiger partial charge in [-0.15, -0.1) is 11.3 Å². The van der Waals surface area contributed by atoms with Crippen LogP contribution in [0.25, 0.3) is 0 Å². The van der Waals surface area contributed by atoms with Gasteiger partial charge in [-0.1, -0.05) is 6.92 Å². The van der Waals surface area contributed by atoms with Crippen molar-refractivity contribution in [3.05, 3.63) is 16.1 Å². The predicted molar refractivity (Wildman–Crippen MR) is 54.9 cm³/mol. The van der Waals surface area contributed by atoms with Crippen LogP contribution in [0.15, 0.2) is 6.20 Å². The number of hydrogen-bond acceptors (Lipinski definition) is 4. The van der Waals surface area contributed by atoms with Gasteiger partial charge in [-0.3, -0.25) is 0 Å². The number of hydrogen-bond donors (Lipinski definition) is 1. The van der Waals surface area contributed by atoms with Crippen LogP contribution < -0.4 is 5.32 Å². The highest BCUT2D eigenvalue weighted by atomic mass is 32.1. The van der Waals surface area contributed by atoms with E-state index in [0.717, 1.165) is 18.1 Å². The summed E-state index contributed by atoms with van der Waals surface area (Å²) in [4.78, 5) is 5.56. The Labute approximate surface area is 83.1 Å². The van der Waals surface area contributed by atoms with Crippen molar-refractivity contribution in [3.63, 3.8) is 0 Å². The monoisotopic (exact) mass is 200 g/mol. The van der Waals surface area contributed by atoms with Gasteiger partial charge in [0.25, 0.3) is 0 Å². The third-order valence-corrected chi connectivity index (χ3v) is 2.98. The Morgan fingerprint density at radius 1 is 1.69 bits per heavy atom. The first-order valence-electron chi connectivity index (χ1n) is 4.46. The van der Waals surface area contributed by atoms with Gasteiger partial charge in [0, 0.05) is 24.7 Å². The molecule has 0 radical (unpaired) electrons. The molecular formula is C9H16N2OS. The molecule has 4 heteroatoms. The van der Waals surface area contributed by atoms with E-state index >= 15 is 0 Å². The fraction of sp³-hybridized carbons (Fsp3) is 0.667. The number of nitrogens with zero attached hydrogens (tertiary/aromatic N) is 1. The van der Waals surface area contributed by atoms with Gasteiger partial charge in [-0.05, 0) is 13.5 Å². The molecule has 1 heterocycles. The summed E-state index contributed by atoms with van der Waals surface area (Å²) in [5.41, 5.74) is 0. The molecule has 0 aromatic carbocycles. The van der Waals surface area contributed by atoms with Crippen molar-refractivity contribution in [2.24, 2.45) is 0 Å². The maximum absolute atomic E-state index is 5.18. The van der Waals surface area contributed by atoms with E-state index in [2.05, 4.69) is 17.2 Å². The average molecular weight is 200 g/mol. The first kappa shape index (κ1) is 10.6. The lowest BCUT2D eigenvalue weighted by atomic mass is 10.4. The highest BCUT2D eigenvalue weighted by Crippen LogP contribution is 2.21. The van der Waals surface area contributed by atoms with Crippen molar-refractivity contribution in [2.75, 3.05) is 13.7 Å². The van der Waals surface area contributed by atoms with Crippen molar-refractivity contribution in [3.8, 4) is 0 Å². The highest BCUT2D eigenvalue weighted by molar-refractivity contribution is 7.11. The summed E-state index contributed by atoms with van der Waals surface area (Å²) in [5, 5.41) is 4.32. The minimum atomic E-state index is 0.111. The molecule has 1 N–H and O–H groups in total.